The van der Waals surface area contributed by atoms with Gasteiger partial charge in [-0.15, -0.1) is 0 Å². The Labute approximate surface area is 178 Å². The van der Waals surface area contributed by atoms with E-state index in [-0.39, 0.29) is 0 Å². The first-order valence-corrected chi connectivity index (χ1v) is 11.2. The molecular formula is C26H29N3O. The summed E-state index contributed by atoms with van der Waals surface area (Å²) in [6.45, 7) is 3.93. The summed E-state index contributed by atoms with van der Waals surface area (Å²) in [6.07, 6.45) is 5.12. The van der Waals surface area contributed by atoms with Crippen LogP contribution in [-0.4, -0.2) is 46.4 Å². The Morgan fingerprint density at radius 2 is 1.67 bits per heavy atom. The monoisotopic (exact) mass is 399 g/mol. The van der Waals surface area contributed by atoms with Crippen LogP contribution < -0.4 is 0 Å². The zero-order chi connectivity index (χ0) is 20.3. The molecular weight excluding hydrogens is 370 g/mol. The molecule has 30 heavy (non-hydrogen) atoms. The minimum Gasteiger partial charge on any atom is -0.340 e. The van der Waals surface area contributed by atoms with Crippen LogP contribution in [0.1, 0.15) is 37.7 Å². The van der Waals surface area contributed by atoms with Crippen LogP contribution in [0.4, 0.5) is 0 Å². The van der Waals surface area contributed by atoms with Crippen molar-refractivity contribution in [1.82, 2.24) is 14.8 Å². The number of aromatic nitrogens is 1. The first-order chi connectivity index (χ1) is 14.8. The van der Waals surface area contributed by atoms with Crippen LogP contribution in [-0.2, 0) is 11.3 Å². The molecule has 0 radical (unpaired) electrons. The molecule has 1 aromatic heterocycles. The number of carbonyl (C=O) groups is 1. The van der Waals surface area contributed by atoms with Crippen LogP contribution in [0.3, 0.4) is 0 Å². The van der Waals surface area contributed by atoms with Crippen molar-refractivity contribution in [2.75, 3.05) is 19.6 Å². The molecule has 3 aromatic rings. The van der Waals surface area contributed by atoms with E-state index in [1.807, 2.05) is 0 Å². The molecule has 1 amide bonds. The van der Waals surface area contributed by atoms with Gasteiger partial charge in [0.05, 0.1) is 11.2 Å². The number of amides is 1. The molecule has 5 rings (SSSR count). The molecule has 0 saturated carbocycles. The third-order valence-electron chi connectivity index (χ3n) is 6.60. The van der Waals surface area contributed by atoms with Crippen molar-refractivity contribution >= 4 is 16.8 Å². The number of fused-ring (bicyclic) bond motifs is 1. The number of rotatable bonds is 4. The lowest BCUT2D eigenvalue weighted by Crippen LogP contribution is -2.48. The third kappa shape index (κ3) is 3.97. The fraction of sp³-hybridized carbons (Fsp3) is 0.385. The van der Waals surface area contributed by atoms with Crippen molar-refractivity contribution in [3.63, 3.8) is 0 Å². The molecule has 2 fully saturated rings. The molecule has 0 bridgehead atoms. The number of piperidine rings is 2. The second-order valence-electron chi connectivity index (χ2n) is 8.61. The van der Waals surface area contributed by atoms with Crippen LogP contribution in [0.15, 0.2) is 60.7 Å². The van der Waals surface area contributed by atoms with E-state index in [2.05, 4.69) is 70.5 Å². The molecule has 0 unspecified atom stereocenters. The second-order valence-corrected chi connectivity index (χ2v) is 8.61. The van der Waals surface area contributed by atoms with Gasteiger partial charge in [0, 0.05) is 49.6 Å². The zero-order valence-electron chi connectivity index (χ0n) is 17.5. The van der Waals surface area contributed by atoms with Gasteiger partial charge in [0.25, 0.3) is 0 Å². The van der Waals surface area contributed by atoms with E-state index < -0.39 is 0 Å². The molecule has 0 atom stereocenters. The molecule has 2 aromatic carbocycles. The van der Waals surface area contributed by atoms with Gasteiger partial charge in [0.15, 0.2) is 0 Å². The van der Waals surface area contributed by atoms with Gasteiger partial charge in [0.1, 0.15) is 0 Å². The maximum atomic E-state index is 12.3. The Bertz CT molecular complexity index is 1020. The number of nitrogens with zero attached hydrogens (tertiary/aromatic N) is 3. The fourth-order valence-electron chi connectivity index (χ4n) is 4.97. The summed E-state index contributed by atoms with van der Waals surface area (Å²) in [5.41, 5.74) is 4.59. The summed E-state index contributed by atoms with van der Waals surface area (Å²) >= 11 is 0. The van der Waals surface area contributed by atoms with Crippen molar-refractivity contribution in [2.24, 2.45) is 0 Å². The van der Waals surface area contributed by atoms with Crippen LogP contribution in [0.5, 0.6) is 0 Å². The van der Waals surface area contributed by atoms with Gasteiger partial charge in [-0.3, -0.25) is 9.69 Å². The predicted molar refractivity (Wildman–Crippen MR) is 121 cm³/mol. The van der Waals surface area contributed by atoms with E-state index in [0.29, 0.717) is 11.9 Å². The Morgan fingerprint density at radius 3 is 2.47 bits per heavy atom. The molecule has 2 aliphatic heterocycles. The van der Waals surface area contributed by atoms with E-state index in [9.17, 15) is 4.79 Å². The van der Waals surface area contributed by atoms with E-state index in [0.717, 1.165) is 69.5 Å². The van der Waals surface area contributed by atoms with Crippen LogP contribution in [0.25, 0.3) is 22.2 Å². The minimum atomic E-state index is 0.366. The van der Waals surface area contributed by atoms with Crippen molar-refractivity contribution < 1.29 is 4.79 Å². The molecule has 4 heteroatoms. The van der Waals surface area contributed by atoms with Gasteiger partial charge in [-0.1, -0.05) is 48.5 Å². The average molecular weight is 400 g/mol. The molecule has 154 valence electrons. The summed E-state index contributed by atoms with van der Waals surface area (Å²) < 4.78 is 0. The number of likely N-dealkylation sites (tertiary alicyclic amines) is 2. The summed E-state index contributed by atoms with van der Waals surface area (Å²) in [5.74, 6) is 0.366. The normalized spacial score (nSPS) is 18.8. The number of carbonyl (C=O) groups excluding carboxylic acids is 1. The van der Waals surface area contributed by atoms with Gasteiger partial charge < -0.3 is 4.90 Å². The summed E-state index contributed by atoms with van der Waals surface area (Å²) in [5, 5.41) is 1.20. The van der Waals surface area contributed by atoms with Crippen LogP contribution >= 0.6 is 0 Å². The topological polar surface area (TPSA) is 36.4 Å². The standard InChI is InChI=1S/C26H29N3O/c30-25-12-6-7-15-29(25)23-13-16-28(17-14-23)19-22-18-21-10-4-5-11-24(21)27-26(22)20-8-2-1-3-9-20/h1-5,8-11,18,23H,6-7,12-17,19H2. The Hall–Kier alpha value is -2.72. The highest BCUT2D eigenvalue weighted by atomic mass is 16.2. The van der Waals surface area contributed by atoms with Crippen molar-refractivity contribution in [3.8, 4) is 11.3 Å². The molecule has 3 heterocycles. The van der Waals surface area contributed by atoms with E-state index in [1.165, 1.54) is 16.5 Å². The highest BCUT2D eigenvalue weighted by Crippen LogP contribution is 2.28. The zero-order valence-corrected chi connectivity index (χ0v) is 17.5. The molecule has 2 aliphatic rings. The highest BCUT2D eigenvalue weighted by molar-refractivity contribution is 5.83. The SMILES string of the molecule is O=C1CCCCN1C1CCN(Cc2cc3ccccc3nc2-c2ccccc2)CC1. The Morgan fingerprint density at radius 1 is 0.900 bits per heavy atom. The quantitative estimate of drug-likeness (QED) is 0.627. The van der Waals surface area contributed by atoms with Crippen LogP contribution in [0, 0.1) is 0 Å². The van der Waals surface area contributed by atoms with E-state index in [4.69, 9.17) is 4.98 Å². The molecule has 4 nitrogen and oxygen atoms in total. The van der Waals surface area contributed by atoms with Crippen molar-refractivity contribution in [1.29, 1.82) is 0 Å². The Kier molecular flexibility index (Phi) is 5.50. The molecule has 0 N–H and O–H groups in total. The largest absolute Gasteiger partial charge is 0.340 e. The lowest BCUT2D eigenvalue weighted by atomic mass is 9.98. The Balaban J connectivity index is 1.36. The summed E-state index contributed by atoms with van der Waals surface area (Å²) in [7, 11) is 0. The first-order valence-electron chi connectivity index (χ1n) is 11.2. The number of para-hydroxylation sites is 1. The number of hydrogen-bond donors (Lipinski definition) is 0. The average Bonchev–Trinajstić information content (AvgIpc) is 2.80. The van der Waals surface area contributed by atoms with Gasteiger partial charge in [0.2, 0.25) is 5.91 Å². The maximum absolute atomic E-state index is 12.3. The number of hydrogen-bond acceptors (Lipinski definition) is 3. The lowest BCUT2D eigenvalue weighted by Gasteiger charge is -2.40. The summed E-state index contributed by atoms with van der Waals surface area (Å²) in [4.78, 5) is 22.0. The maximum Gasteiger partial charge on any atom is 0.222 e. The second kappa shape index (κ2) is 8.57. The molecule has 0 spiro atoms. The van der Waals surface area contributed by atoms with Crippen molar-refractivity contribution in [2.45, 2.75) is 44.7 Å². The fourth-order valence-corrected chi connectivity index (χ4v) is 4.97. The molecule has 0 aliphatic carbocycles. The predicted octanol–water partition coefficient (Wildman–Crippen LogP) is 4.88. The van der Waals surface area contributed by atoms with Gasteiger partial charge in [-0.25, -0.2) is 4.98 Å². The van der Waals surface area contributed by atoms with E-state index >= 15 is 0 Å². The smallest absolute Gasteiger partial charge is 0.222 e. The summed E-state index contributed by atoms with van der Waals surface area (Å²) in [6, 6.07) is 21.6. The van der Waals surface area contributed by atoms with Gasteiger partial charge in [-0.2, -0.15) is 0 Å². The van der Waals surface area contributed by atoms with E-state index in [1.54, 1.807) is 0 Å². The first kappa shape index (κ1) is 19.3. The number of pyridine rings is 1. The number of benzene rings is 2. The highest BCUT2D eigenvalue weighted by Gasteiger charge is 2.29. The molecule has 2 saturated heterocycles. The van der Waals surface area contributed by atoms with Crippen LogP contribution in [0.2, 0.25) is 0 Å². The van der Waals surface area contributed by atoms with Gasteiger partial charge in [-0.05, 0) is 43.4 Å². The van der Waals surface area contributed by atoms with Gasteiger partial charge >= 0.3 is 0 Å². The third-order valence-corrected chi connectivity index (χ3v) is 6.60. The van der Waals surface area contributed by atoms with Crippen molar-refractivity contribution in [3.05, 3.63) is 66.2 Å². The lowest BCUT2D eigenvalue weighted by molar-refractivity contribution is -0.136. The minimum absolute atomic E-state index is 0.366.